The van der Waals surface area contributed by atoms with Gasteiger partial charge in [-0.2, -0.15) is 0 Å². The van der Waals surface area contributed by atoms with E-state index in [1.807, 2.05) is 12.1 Å². The lowest BCUT2D eigenvalue weighted by molar-refractivity contribution is -0.384. The molecule has 0 aliphatic rings. The molecule has 0 saturated carbocycles. The van der Waals surface area contributed by atoms with Gasteiger partial charge in [-0.05, 0) is 47.8 Å². The molecule has 0 spiro atoms. The molecule has 0 N–H and O–H groups in total. The minimum absolute atomic E-state index is 0.0796. The first-order valence-electron chi connectivity index (χ1n) is 9.37. The maximum Gasteiger partial charge on any atom is 0.272 e. The molecule has 0 unspecified atom stereocenters. The molecule has 0 amide bonds. The summed E-state index contributed by atoms with van der Waals surface area (Å²) < 4.78 is 12.4. The minimum Gasteiger partial charge on any atom is -0.543 e. The fourth-order valence-corrected chi connectivity index (χ4v) is 4.02. The van der Waals surface area contributed by atoms with Gasteiger partial charge in [-0.1, -0.05) is 57.8 Å². The van der Waals surface area contributed by atoms with Crippen LogP contribution in [0.5, 0.6) is 17.2 Å². The van der Waals surface area contributed by atoms with Gasteiger partial charge in [-0.25, -0.2) is 0 Å². The number of hydrogen-bond donors (Lipinski definition) is 0. The van der Waals surface area contributed by atoms with Gasteiger partial charge in [0.25, 0.3) is 5.69 Å². The van der Waals surface area contributed by atoms with Crippen molar-refractivity contribution >= 4 is 37.2 Å². The van der Waals surface area contributed by atoms with Gasteiger partial charge in [0.05, 0.1) is 15.0 Å². The Balaban J connectivity index is 2.40. The number of nitro benzene ring substituents is 1. The molecule has 29 heavy (non-hydrogen) atoms. The van der Waals surface area contributed by atoms with E-state index in [2.05, 4.69) is 47.7 Å². The number of nitro groups is 1. The first-order valence-corrected chi connectivity index (χ1v) is 13.0. The fraction of sp³-hybridized carbons (Fsp3) is 0.429. The standard InChI is InChI=1S/C21H27Cl2NO4Si/c1-13(2)16-12-15(8-9-19(16)28-29(6,7)21(3,4)5)27-20-17(22)10-14(24(25)26)11-18(20)23/h8-13H,1-7H3. The Morgan fingerprint density at radius 2 is 1.62 bits per heavy atom. The second-order valence-electron chi connectivity index (χ2n) is 8.81. The average molecular weight is 456 g/mol. The SMILES string of the molecule is CC(C)c1cc(Oc2c(Cl)cc([N+](=O)[O-])cc2Cl)ccc1O[Si](C)(C)C(C)(C)C. The number of halogens is 2. The van der Waals surface area contributed by atoms with E-state index in [0.717, 1.165) is 11.3 Å². The van der Waals surface area contributed by atoms with Gasteiger partial charge in [-0.3, -0.25) is 10.1 Å². The average Bonchev–Trinajstić information content (AvgIpc) is 2.57. The Kier molecular flexibility index (Phi) is 6.92. The molecule has 0 heterocycles. The third kappa shape index (κ3) is 5.44. The van der Waals surface area contributed by atoms with Crippen molar-refractivity contribution in [1.82, 2.24) is 0 Å². The van der Waals surface area contributed by atoms with E-state index in [1.165, 1.54) is 12.1 Å². The molecule has 0 fully saturated rings. The molecule has 158 valence electrons. The molecule has 5 nitrogen and oxygen atoms in total. The quantitative estimate of drug-likeness (QED) is 0.250. The summed E-state index contributed by atoms with van der Waals surface area (Å²) in [7, 11) is -2.00. The van der Waals surface area contributed by atoms with Crippen LogP contribution in [0.1, 0.15) is 46.1 Å². The third-order valence-corrected chi connectivity index (χ3v) is 10.1. The Morgan fingerprint density at radius 3 is 2.07 bits per heavy atom. The zero-order valence-corrected chi connectivity index (χ0v) is 20.3. The van der Waals surface area contributed by atoms with Gasteiger partial charge >= 0.3 is 0 Å². The van der Waals surface area contributed by atoms with Crippen LogP contribution in [-0.2, 0) is 0 Å². The van der Waals surface area contributed by atoms with Crippen molar-refractivity contribution in [3.63, 3.8) is 0 Å². The predicted octanol–water partition coefficient (Wildman–Crippen LogP) is 8.20. The zero-order valence-electron chi connectivity index (χ0n) is 17.8. The summed E-state index contributed by atoms with van der Waals surface area (Å²) in [4.78, 5) is 10.4. The summed E-state index contributed by atoms with van der Waals surface area (Å²) in [5, 5.41) is 11.2. The van der Waals surface area contributed by atoms with E-state index >= 15 is 0 Å². The van der Waals surface area contributed by atoms with Crippen LogP contribution >= 0.6 is 23.2 Å². The molecule has 2 aromatic rings. The molecule has 0 atom stereocenters. The zero-order chi connectivity index (χ0) is 22.1. The maximum atomic E-state index is 11.0. The molecule has 0 bridgehead atoms. The number of non-ortho nitro benzene ring substituents is 1. The van der Waals surface area contributed by atoms with Crippen LogP contribution in [-0.4, -0.2) is 13.2 Å². The monoisotopic (exact) mass is 455 g/mol. The lowest BCUT2D eigenvalue weighted by Crippen LogP contribution is -2.44. The molecule has 0 radical (unpaired) electrons. The van der Waals surface area contributed by atoms with Gasteiger partial charge in [-0.15, -0.1) is 0 Å². The highest BCUT2D eigenvalue weighted by Crippen LogP contribution is 2.43. The lowest BCUT2D eigenvalue weighted by Gasteiger charge is -2.37. The Bertz CT molecular complexity index is 900. The topological polar surface area (TPSA) is 61.6 Å². The normalized spacial score (nSPS) is 12.2. The molecule has 8 heteroatoms. The highest BCUT2D eigenvalue weighted by Gasteiger charge is 2.39. The minimum atomic E-state index is -2.00. The van der Waals surface area contributed by atoms with Crippen molar-refractivity contribution in [2.75, 3.05) is 0 Å². The molecular weight excluding hydrogens is 429 g/mol. The summed E-state index contributed by atoms with van der Waals surface area (Å²) in [6, 6.07) is 8.05. The molecular formula is C21H27Cl2NO4Si. The largest absolute Gasteiger partial charge is 0.543 e. The molecule has 0 saturated heterocycles. The van der Waals surface area contributed by atoms with E-state index in [-0.39, 0.29) is 32.4 Å². The van der Waals surface area contributed by atoms with E-state index in [1.54, 1.807) is 6.07 Å². The number of ether oxygens (including phenoxy) is 1. The summed E-state index contributed by atoms with van der Waals surface area (Å²) in [6.07, 6.45) is 0. The van der Waals surface area contributed by atoms with E-state index in [0.29, 0.717) is 5.75 Å². The Morgan fingerprint density at radius 1 is 1.07 bits per heavy atom. The predicted molar refractivity (Wildman–Crippen MR) is 122 cm³/mol. The first-order chi connectivity index (χ1) is 13.2. The van der Waals surface area contributed by atoms with Crippen LogP contribution in [0, 0.1) is 10.1 Å². The fourth-order valence-electron chi connectivity index (χ4n) is 2.43. The Labute approximate surface area is 183 Å². The Hall–Kier alpha value is -1.76. The van der Waals surface area contributed by atoms with Gasteiger partial charge in [0, 0.05) is 12.1 Å². The van der Waals surface area contributed by atoms with Crippen LogP contribution in [0.2, 0.25) is 28.2 Å². The first kappa shape index (κ1) is 23.5. The molecule has 0 aromatic heterocycles. The van der Waals surface area contributed by atoms with E-state index in [9.17, 15) is 10.1 Å². The van der Waals surface area contributed by atoms with E-state index in [4.69, 9.17) is 32.4 Å². The van der Waals surface area contributed by atoms with E-state index < -0.39 is 13.2 Å². The van der Waals surface area contributed by atoms with Crippen molar-refractivity contribution < 1.29 is 14.1 Å². The summed E-state index contributed by atoms with van der Waals surface area (Å²) >= 11 is 12.3. The lowest BCUT2D eigenvalue weighted by atomic mass is 10.0. The van der Waals surface area contributed by atoms with Gasteiger partial charge in [0.2, 0.25) is 8.32 Å². The van der Waals surface area contributed by atoms with Crippen LogP contribution in [0.3, 0.4) is 0 Å². The van der Waals surface area contributed by atoms with Gasteiger partial charge < -0.3 is 9.16 Å². The molecule has 2 rings (SSSR count). The molecule has 0 aliphatic heterocycles. The second kappa shape index (κ2) is 8.54. The highest BCUT2D eigenvalue weighted by atomic mass is 35.5. The number of rotatable bonds is 6. The molecule has 0 aliphatic carbocycles. The van der Waals surface area contributed by atoms with Gasteiger partial charge in [0.15, 0.2) is 5.75 Å². The van der Waals surface area contributed by atoms with Crippen LogP contribution < -0.4 is 9.16 Å². The van der Waals surface area contributed by atoms with Gasteiger partial charge in [0.1, 0.15) is 11.5 Å². The van der Waals surface area contributed by atoms with Crippen molar-refractivity contribution in [2.24, 2.45) is 0 Å². The van der Waals surface area contributed by atoms with Crippen LogP contribution in [0.25, 0.3) is 0 Å². The van der Waals surface area contributed by atoms with Crippen LogP contribution in [0.4, 0.5) is 5.69 Å². The number of hydrogen-bond acceptors (Lipinski definition) is 4. The smallest absolute Gasteiger partial charge is 0.272 e. The maximum absolute atomic E-state index is 11.0. The highest BCUT2D eigenvalue weighted by molar-refractivity contribution is 6.74. The van der Waals surface area contributed by atoms with Crippen molar-refractivity contribution in [1.29, 1.82) is 0 Å². The molecule has 2 aromatic carbocycles. The summed E-state index contributed by atoms with van der Waals surface area (Å²) in [5.74, 6) is 1.78. The summed E-state index contributed by atoms with van der Waals surface area (Å²) in [5.41, 5.74) is 0.829. The number of nitrogens with zero attached hydrogens (tertiary/aromatic N) is 1. The second-order valence-corrected chi connectivity index (χ2v) is 14.4. The van der Waals surface area contributed by atoms with Crippen molar-refractivity contribution in [3.05, 3.63) is 56.1 Å². The van der Waals surface area contributed by atoms with Crippen LogP contribution in [0.15, 0.2) is 30.3 Å². The van der Waals surface area contributed by atoms with Crippen molar-refractivity contribution in [3.8, 4) is 17.2 Å². The van der Waals surface area contributed by atoms with Crippen molar-refractivity contribution in [2.45, 2.75) is 58.7 Å². The third-order valence-electron chi connectivity index (χ3n) is 5.19. The number of benzene rings is 2. The summed E-state index contributed by atoms with van der Waals surface area (Å²) in [6.45, 7) is 15.2.